The lowest BCUT2D eigenvalue weighted by Gasteiger charge is -2.27. The first-order valence-electron chi connectivity index (χ1n) is 10.1. The van der Waals surface area contributed by atoms with Gasteiger partial charge in [0.15, 0.2) is 5.78 Å². The van der Waals surface area contributed by atoms with Crippen molar-refractivity contribution in [3.63, 3.8) is 0 Å². The lowest BCUT2D eigenvalue weighted by atomic mass is 9.86. The van der Waals surface area contributed by atoms with Gasteiger partial charge in [0, 0.05) is 18.5 Å². The predicted molar refractivity (Wildman–Crippen MR) is 111 cm³/mol. The smallest absolute Gasteiger partial charge is 0.291 e. The van der Waals surface area contributed by atoms with E-state index in [1.54, 1.807) is 29.2 Å². The van der Waals surface area contributed by atoms with Gasteiger partial charge in [-0.1, -0.05) is 60.2 Å². The maximum absolute atomic E-state index is 13.3. The monoisotopic (exact) mass is 402 g/mol. The molecule has 6 nitrogen and oxygen atoms in total. The molecule has 2 atom stereocenters. The van der Waals surface area contributed by atoms with Gasteiger partial charge < -0.3 is 4.90 Å². The fourth-order valence-corrected chi connectivity index (χ4v) is 4.03. The molecule has 0 radical (unpaired) electrons. The Morgan fingerprint density at radius 2 is 1.80 bits per heavy atom. The molecule has 0 spiro atoms. The van der Waals surface area contributed by atoms with Crippen LogP contribution in [0.2, 0.25) is 0 Å². The van der Waals surface area contributed by atoms with Gasteiger partial charge in [-0.15, -0.1) is 0 Å². The molecular formula is C24H24N3O3+. The van der Waals surface area contributed by atoms with E-state index in [0.29, 0.717) is 25.1 Å². The molecule has 2 aromatic carbocycles. The minimum Gasteiger partial charge on any atom is -0.328 e. The van der Waals surface area contributed by atoms with Gasteiger partial charge in [0.25, 0.3) is 5.91 Å². The molecule has 2 unspecified atom stereocenters. The molecule has 6 heteroatoms. The van der Waals surface area contributed by atoms with Crippen molar-refractivity contribution >= 4 is 17.5 Å². The van der Waals surface area contributed by atoms with Crippen molar-refractivity contribution in [3.8, 4) is 0 Å². The number of benzene rings is 2. The molecule has 1 amide bonds. The molecule has 1 aliphatic rings. The molecule has 3 aromatic rings. The van der Waals surface area contributed by atoms with Gasteiger partial charge in [0.1, 0.15) is 18.3 Å². The van der Waals surface area contributed by atoms with Gasteiger partial charge in [-0.3, -0.25) is 19.4 Å². The van der Waals surface area contributed by atoms with Gasteiger partial charge in [0.2, 0.25) is 12.1 Å². The van der Waals surface area contributed by atoms with Crippen LogP contribution in [0.5, 0.6) is 0 Å². The molecule has 0 saturated carbocycles. The number of imidazole rings is 1. The number of hydrogen-bond acceptors (Lipinski definition) is 3. The Hall–Kier alpha value is -3.54. The first-order chi connectivity index (χ1) is 14.6. The molecular weight excluding hydrogens is 378 g/mol. The number of nitrogens with zero attached hydrogens (tertiary/aromatic N) is 2. The van der Waals surface area contributed by atoms with Crippen molar-refractivity contribution in [1.82, 2.24) is 9.88 Å². The van der Waals surface area contributed by atoms with Crippen LogP contribution in [0.3, 0.4) is 0 Å². The molecule has 30 heavy (non-hydrogen) atoms. The number of carbonyl (C=O) groups excluding carboxylic acids is 3. The second-order valence-electron chi connectivity index (χ2n) is 7.63. The summed E-state index contributed by atoms with van der Waals surface area (Å²) in [5.74, 6) is -2.53. The van der Waals surface area contributed by atoms with E-state index in [-0.39, 0.29) is 5.78 Å². The van der Waals surface area contributed by atoms with E-state index in [1.807, 2.05) is 60.5 Å². The summed E-state index contributed by atoms with van der Waals surface area (Å²) in [6.07, 6.45) is 6.26. The number of ketones is 2. The number of aromatic nitrogens is 2. The largest absolute Gasteiger partial charge is 0.328 e. The van der Waals surface area contributed by atoms with Crippen LogP contribution in [0.1, 0.15) is 33.9 Å². The summed E-state index contributed by atoms with van der Waals surface area (Å²) in [7, 11) is 0. The van der Waals surface area contributed by atoms with Crippen LogP contribution >= 0.6 is 0 Å². The molecule has 0 aliphatic carbocycles. The summed E-state index contributed by atoms with van der Waals surface area (Å²) in [5.41, 5.74) is 2.34. The number of likely N-dealkylation sites (tertiary alicyclic amines) is 1. The number of nitrogens with one attached hydrogen (secondary N) is 1. The fourth-order valence-electron chi connectivity index (χ4n) is 4.03. The van der Waals surface area contributed by atoms with Gasteiger partial charge in [0.05, 0.1) is 12.6 Å². The van der Waals surface area contributed by atoms with Crippen LogP contribution in [0, 0.1) is 12.8 Å². The zero-order chi connectivity index (χ0) is 21.1. The molecule has 1 saturated heterocycles. The Morgan fingerprint density at radius 3 is 2.47 bits per heavy atom. The van der Waals surface area contributed by atoms with E-state index in [2.05, 4.69) is 4.98 Å². The highest BCUT2D eigenvalue weighted by Crippen LogP contribution is 2.38. The van der Waals surface area contributed by atoms with Crippen molar-refractivity contribution in [2.45, 2.75) is 25.9 Å². The van der Waals surface area contributed by atoms with Gasteiger partial charge in [-0.25, -0.2) is 4.57 Å². The molecule has 0 bridgehead atoms. The van der Waals surface area contributed by atoms with E-state index in [1.165, 1.54) is 0 Å². The Morgan fingerprint density at radius 1 is 1.07 bits per heavy atom. The van der Waals surface area contributed by atoms with Gasteiger partial charge in [-0.2, -0.15) is 0 Å². The van der Waals surface area contributed by atoms with Crippen LogP contribution in [0.4, 0.5) is 0 Å². The lowest BCUT2D eigenvalue weighted by molar-refractivity contribution is -0.695. The van der Waals surface area contributed by atoms with Crippen molar-refractivity contribution in [3.05, 3.63) is 90.0 Å². The quantitative estimate of drug-likeness (QED) is 0.286. The van der Waals surface area contributed by atoms with Crippen molar-refractivity contribution in [2.75, 3.05) is 6.54 Å². The van der Waals surface area contributed by atoms with Crippen LogP contribution < -0.4 is 4.57 Å². The lowest BCUT2D eigenvalue weighted by Crippen LogP contribution is -2.36. The van der Waals surface area contributed by atoms with Gasteiger partial charge >= 0.3 is 0 Å². The summed E-state index contributed by atoms with van der Waals surface area (Å²) < 4.78 is 1.98. The van der Waals surface area contributed by atoms with Crippen molar-refractivity contribution < 1.29 is 19.0 Å². The second kappa shape index (κ2) is 8.45. The Labute approximate surface area is 175 Å². The minimum absolute atomic E-state index is 0.304. The molecule has 1 aliphatic heterocycles. The number of amides is 1. The summed E-state index contributed by atoms with van der Waals surface area (Å²) in [4.78, 5) is 43.7. The molecule has 1 aromatic heterocycles. The first kappa shape index (κ1) is 19.8. The van der Waals surface area contributed by atoms with E-state index in [0.717, 1.165) is 11.1 Å². The third-order valence-corrected chi connectivity index (χ3v) is 5.58. The van der Waals surface area contributed by atoms with Crippen LogP contribution in [-0.2, 0) is 16.1 Å². The van der Waals surface area contributed by atoms with Crippen LogP contribution in [-0.4, -0.2) is 33.9 Å². The first-order valence-corrected chi connectivity index (χ1v) is 10.1. The molecule has 152 valence electrons. The van der Waals surface area contributed by atoms with Crippen LogP contribution in [0.25, 0.3) is 0 Å². The number of carbonyl (C=O) groups is 3. The highest BCUT2D eigenvalue weighted by atomic mass is 16.2. The van der Waals surface area contributed by atoms with E-state index in [4.69, 9.17) is 0 Å². The second-order valence-corrected chi connectivity index (χ2v) is 7.63. The van der Waals surface area contributed by atoms with E-state index in [9.17, 15) is 14.4 Å². The molecule has 1 fully saturated rings. The van der Waals surface area contributed by atoms with Crippen molar-refractivity contribution in [2.24, 2.45) is 5.92 Å². The summed E-state index contributed by atoms with van der Waals surface area (Å²) >= 11 is 0. The minimum atomic E-state index is -1.03. The Kier molecular flexibility index (Phi) is 5.57. The number of H-pyrrole nitrogens is 1. The van der Waals surface area contributed by atoms with E-state index < -0.39 is 23.7 Å². The third kappa shape index (κ3) is 3.81. The van der Waals surface area contributed by atoms with Crippen LogP contribution in [0.15, 0.2) is 73.3 Å². The highest BCUT2D eigenvalue weighted by molar-refractivity contribution is 6.44. The SMILES string of the molecule is Cc1ccc(C2C(C(=O)c3ccccc3)C(=O)C(=O)N2CCC[n+]2cc[nH]c2)cc1. The number of aryl methyl sites for hydroxylation is 2. The zero-order valence-electron chi connectivity index (χ0n) is 16.8. The Balaban J connectivity index is 1.65. The predicted octanol–water partition coefficient (Wildman–Crippen LogP) is 2.65. The standard InChI is InChI=1S/C24H23N3O3/c1-17-8-10-18(11-9-17)21-20(22(28)19-6-3-2-4-7-19)23(29)24(30)27(21)14-5-13-26-15-12-25-16-26/h2-4,6-12,15-16,20-21H,5,13-14H2,1H3/p+1. The maximum atomic E-state index is 13.3. The number of Topliss-reactive ketones (excluding diaryl/α,β-unsaturated/α-hetero) is 2. The number of hydrogen-bond donors (Lipinski definition) is 1. The molecule has 4 rings (SSSR count). The highest BCUT2D eigenvalue weighted by Gasteiger charge is 2.51. The average molecular weight is 402 g/mol. The average Bonchev–Trinajstić information content (AvgIpc) is 3.37. The fraction of sp³-hybridized carbons (Fsp3) is 0.250. The molecule has 1 N–H and O–H groups in total. The van der Waals surface area contributed by atoms with Crippen molar-refractivity contribution in [1.29, 1.82) is 0 Å². The molecule has 2 heterocycles. The number of rotatable bonds is 7. The maximum Gasteiger partial charge on any atom is 0.291 e. The summed E-state index contributed by atoms with van der Waals surface area (Å²) in [6.45, 7) is 3.09. The van der Waals surface area contributed by atoms with Gasteiger partial charge in [-0.05, 0) is 12.5 Å². The summed E-state index contributed by atoms with van der Waals surface area (Å²) in [6, 6.07) is 15.9. The topological polar surface area (TPSA) is 74.1 Å². The number of aromatic amines is 1. The Bertz CT molecular complexity index is 1040. The zero-order valence-corrected chi connectivity index (χ0v) is 16.8. The summed E-state index contributed by atoms with van der Waals surface area (Å²) in [5, 5.41) is 0. The normalized spacial score (nSPS) is 18.8. The van der Waals surface area contributed by atoms with E-state index >= 15 is 0 Å². The third-order valence-electron chi connectivity index (χ3n) is 5.58.